The van der Waals surface area contributed by atoms with Gasteiger partial charge in [0.05, 0.1) is 24.2 Å². The zero-order valence-electron chi connectivity index (χ0n) is 11.7. The summed E-state index contributed by atoms with van der Waals surface area (Å²) in [6.07, 6.45) is 9.76. The summed E-state index contributed by atoms with van der Waals surface area (Å²) in [5.41, 5.74) is 1.10. The molecule has 0 aromatic carbocycles. The van der Waals surface area contributed by atoms with Crippen LogP contribution in [0.1, 0.15) is 43.6 Å². The third kappa shape index (κ3) is 3.10. The highest BCUT2D eigenvalue weighted by atomic mass is 32.1. The van der Waals surface area contributed by atoms with Crippen LogP contribution in [-0.4, -0.2) is 16.9 Å². The lowest BCUT2D eigenvalue weighted by atomic mass is 9.96. The first-order valence-electron chi connectivity index (χ1n) is 7.12. The van der Waals surface area contributed by atoms with Gasteiger partial charge >= 0.3 is 0 Å². The van der Waals surface area contributed by atoms with Gasteiger partial charge in [-0.2, -0.15) is 5.10 Å². The fraction of sp³-hybridized carbons (Fsp3) is 0.467. The number of rotatable bonds is 3. The van der Waals surface area contributed by atoms with Gasteiger partial charge in [-0.3, -0.25) is 4.99 Å². The van der Waals surface area contributed by atoms with Crippen molar-refractivity contribution in [2.75, 3.05) is 0 Å². The summed E-state index contributed by atoms with van der Waals surface area (Å²) in [6.45, 7) is 2.05. The van der Waals surface area contributed by atoms with Crippen LogP contribution in [0.3, 0.4) is 0 Å². The summed E-state index contributed by atoms with van der Waals surface area (Å²) in [5, 5.41) is 6.59. The molecule has 0 bridgehead atoms. The molecule has 20 heavy (non-hydrogen) atoms. The van der Waals surface area contributed by atoms with Crippen LogP contribution in [0, 0.1) is 6.92 Å². The quantitative estimate of drug-likeness (QED) is 0.797. The standard InChI is InChI=1S/C15H19N3OS/c1-12-11-20-15(17-13-6-3-2-4-7-13)18(12)16-10-14-8-5-9-19-14/h5,8-11,13H,2-4,6-7H2,1H3. The first-order valence-corrected chi connectivity index (χ1v) is 8.00. The van der Waals surface area contributed by atoms with E-state index in [2.05, 4.69) is 17.4 Å². The fourth-order valence-electron chi connectivity index (χ4n) is 2.46. The normalized spacial score (nSPS) is 18.1. The number of aryl methyl sites for hydroxylation is 1. The predicted molar refractivity (Wildman–Crippen MR) is 81.2 cm³/mol. The van der Waals surface area contributed by atoms with Gasteiger partial charge in [0.15, 0.2) is 0 Å². The molecule has 2 aromatic heterocycles. The number of furan rings is 1. The lowest BCUT2D eigenvalue weighted by Gasteiger charge is -2.16. The molecule has 2 aromatic rings. The first-order chi connectivity index (χ1) is 9.83. The maximum atomic E-state index is 5.27. The predicted octanol–water partition coefficient (Wildman–Crippen LogP) is 3.57. The largest absolute Gasteiger partial charge is 0.463 e. The van der Waals surface area contributed by atoms with Crippen molar-refractivity contribution < 1.29 is 4.42 Å². The molecular formula is C15H19N3OS. The highest BCUT2D eigenvalue weighted by Gasteiger charge is 2.12. The Morgan fingerprint density at radius 1 is 1.35 bits per heavy atom. The van der Waals surface area contributed by atoms with Gasteiger partial charge in [0.1, 0.15) is 5.76 Å². The molecule has 1 aliphatic carbocycles. The second-order valence-electron chi connectivity index (χ2n) is 5.15. The number of hydrogen-bond acceptors (Lipinski definition) is 4. The minimum absolute atomic E-state index is 0.465. The molecule has 0 spiro atoms. The van der Waals surface area contributed by atoms with E-state index >= 15 is 0 Å². The number of nitrogens with zero attached hydrogens (tertiary/aromatic N) is 3. The molecule has 0 saturated heterocycles. The van der Waals surface area contributed by atoms with E-state index in [0.717, 1.165) is 16.3 Å². The second kappa shape index (κ2) is 6.22. The molecule has 0 amide bonds. The van der Waals surface area contributed by atoms with Crippen molar-refractivity contribution in [2.24, 2.45) is 10.1 Å². The van der Waals surface area contributed by atoms with Crippen LogP contribution in [-0.2, 0) is 0 Å². The minimum Gasteiger partial charge on any atom is -0.463 e. The van der Waals surface area contributed by atoms with Gasteiger partial charge in [-0.05, 0) is 31.9 Å². The van der Waals surface area contributed by atoms with E-state index in [4.69, 9.17) is 9.41 Å². The van der Waals surface area contributed by atoms with Crippen LogP contribution in [0.15, 0.2) is 38.3 Å². The van der Waals surface area contributed by atoms with Crippen LogP contribution >= 0.6 is 11.3 Å². The van der Waals surface area contributed by atoms with E-state index in [-0.39, 0.29) is 0 Å². The lowest BCUT2D eigenvalue weighted by molar-refractivity contribution is 0.435. The molecule has 0 aliphatic heterocycles. The molecular weight excluding hydrogens is 270 g/mol. The number of aromatic nitrogens is 1. The fourth-order valence-corrected chi connectivity index (χ4v) is 3.34. The number of thiazole rings is 1. The summed E-state index contributed by atoms with van der Waals surface area (Å²) in [4.78, 5) is 5.86. The highest BCUT2D eigenvalue weighted by molar-refractivity contribution is 7.07. The summed E-state index contributed by atoms with van der Waals surface area (Å²) >= 11 is 1.66. The third-order valence-corrected chi connectivity index (χ3v) is 4.51. The van der Waals surface area contributed by atoms with Crippen molar-refractivity contribution in [1.29, 1.82) is 0 Å². The third-order valence-electron chi connectivity index (χ3n) is 3.56. The molecule has 4 nitrogen and oxygen atoms in total. The van der Waals surface area contributed by atoms with Gasteiger partial charge in [0.25, 0.3) is 0 Å². The van der Waals surface area contributed by atoms with E-state index in [1.807, 2.05) is 16.8 Å². The summed E-state index contributed by atoms with van der Waals surface area (Å²) < 4.78 is 7.18. The van der Waals surface area contributed by atoms with Crippen molar-refractivity contribution >= 4 is 17.6 Å². The first kappa shape index (κ1) is 13.4. The van der Waals surface area contributed by atoms with E-state index in [0.29, 0.717) is 6.04 Å². The molecule has 1 aliphatic rings. The van der Waals surface area contributed by atoms with Crippen molar-refractivity contribution in [3.8, 4) is 0 Å². The topological polar surface area (TPSA) is 42.8 Å². The van der Waals surface area contributed by atoms with Crippen molar-refractivity contribution in [2.45, 2.75) is 45.1 Å². The Hall–Kier alpha value is -1.62. The van der Waals surface area contributed by atoms with Crippen LogP contribution in [0.5, 0.6) is 0 Å². The number of hydrogen-bond donors (Lipinski definition) is 0. The average Bonchev–Trinajstić information content (AvgIpc) is 3.09. The van der Waals surface area contributed by atoms with E-state index in [1.54, 1.807) is 23.8 Å². The van der Waals surface area contributed by atoms with E-state index in [1.165, 1.54) is 32.1 Å². The van der Waals surface area contributed by atoms with Gasteiger partial charge in [-0.1, -0.05) is 19.3 Å². The Kier molecular flexibility index (Phi) is 4.16. The van der Waals surface area contributed by atoms with Crippen LogP contribution in [0.2, 0.25) is 0 Å². The van der Waals surface area contributed by atoms with Crippen molar-refractivity contribution in [3.63, 3.8) is 0 Å². The summed E-state index contributed by atoms with van der Waals surface area (Å²) in [5.74, 6) is 0.756. The monoisotopic (exact) mass is 289 g/mol. The Labute approximate surface area is 122 Å². The highest BCUT2D eigenvalue weighted by Crippen LogP contribution is 2.19. The van der Waals surface area contributed by atoms with Gasteiger partial charge in [-0.15, -0.1) is 11.3 Å². The average molecular weight is 289 g/mol. The van der Waals surface area contributed by atoms with Crippen molar-refractivity contribution in [3.05, 3.63) is 40.0 Å². The molecule has 5 heteroatoms. The Morgan fingerprint density at radius 2 is 2.20 bits per heavy atom. The van der Waals surface area contributed by atoms with Crippen LogP contribution in [0.4, 0.5) is 0 Å². The maximum Gasteiger partial charge on any atom is 0.206 e. The molecule has 0 unspecified atom stereocenters. The molecule has 3 rings (SSSR count). The molecule has 106 valence electrons. The SMILES string of the molecule is Cc1csc(=NC2CCCCC2)n1N=Cc1ccco1. The van der Waals surface area contributed by atoms with E-state index < -0.39 is 0 Å². The van der Waals surface area contributed by atoms with Gasteiger partial charge in [-0.25, -0.2) is 4.68 Å². The Balaban J connectivity index is 1.87. The van der Waals surface area contributed by atoms with Crippen molar-refractivity contribution in [1.82, 2.24) is 4.68 Å². The summed E-state index contributed by atoms with van der Waals surface area (Å²) in [7, 11) is 0. The van der Waals surface area contributed by atoms with Crippen LogP contribution < -0.4 is 4.80 Å². The smallest absolute Gasteiger partial charge is 0.206 e. The molecule has 0 N–H and O–H groups in total. The molecule has 0 radical (unpaired) electrons. The van der Waals surface area contributed by atoms with Gasteiger partial charge < -0.3 is 4.42 Å². The Morgan fingerprint density at radius 3 is 2.95 bits per heavy atom. The Bertz CT molecular complexity index is 630. The van der Waals surface area contributed by atoms with E-state index in [9.17, 15) is 0 Å². The minimum atomic E-state index is 0.465. The lowest BCUT2D eigenvalue weighted by Crippen LogP contribution is -2.19. The molecule has 2 heterocycles. The molecule has 0 atom stereocenters. The van der Waals surface area contributed by atoms with Crippen LogP contribution in [0.25, 0.3) is 0 Å². The maximum absolute atomic E-state index is 5.27. The summed E-state index contributed by atoms with van der Waals surface area (Å²) in [6, 6.07) is 4.22. The molecule has 1 saturated carbocycles. The zero-order chi connectivity index (χ0) is 13.8. The van der Waals surface area contributed by atoms with Gasteiger partial charge in [0, 0.05) is 5.38 Å². The second-order valence-corrected chi connectivity index (χ2v) is 5.99. The van der Waals surface area contributed by atoms with Gasteiger partial charge in [0.2, 0.25) is 4.80 Å². The molecule has 1 fully saturated rings. The zero-order valence-corrected chi connectivity index (χ0v) is 12.5.